The summed E-state index contributed by atoms with van der Waals surface area (Å²) in [7, 11) is 0. The molecule has 1 amide bonds. The van der Waals surface area contributed by atoms with Gasteiger partial charge in [0.05, 0.1) is 5.56 Å². The highest BCUT2D eigenvalue weighted by Gasteiger charge is 2.42. The second-order valence-corrected chi connectivity index (χ2v) is 7.43. The Morgan fingerprint density at radius 2 is 2.00 bits per heavy atom. The van der Waals surface area contributed by atoms with Gasteiger partial charge < -0.3 is 14.6 Å². The molecule has 1 unspecified atom stereocenters. The van der Waals surface area contributed by atoms with Crippen LogP contribution in [0.1, 0.15) is 47.7 Å². The largest absolute Gasteiger partial charge is 0.457 e. The molecule has 0 radical (unpaired) electrons. The van der Waals surface area contributed by atoms with Gasteiger partial charge in [0.2, 0.25) is 0 Å². The number of benzene rings is 2. The molecule has 0 saturated carbocycles. The highest BCUT2D eigenvalue weighted by molar-refractivity contribution is 5.70. The van der Waals surface area contributed by atoms with Crippen LogP contribution in [0.4, 0.5) is 22.4 Å². The van der Waals surface area contributed by atoms with E-state index in [1.165, 1.54) is 0 Å². The number of hydrogen-bond acceptors (Lipinski definition) is 4. The van der Waals surface area contributed by atoms with Gasteiger partial charge in [-0.15, -0.1) is 0 Å². The third-order valence-electron chi connectivity index (χ3n) is 5.45. The van der Waals surface area contributed by atoms with Crippen LogP contribution in [0.3, 0.4) is 0 Å². The fourth-order valence-electron chi connectivity index (χ4n) is 4.01. The molecule has 1 saturated heterocycles. The Morgan fingerprint density at radius 3 is 2.63 bits per heavy atom. The third-order valence-corrected chi connectivity index (χ3v) is 5.45. The molecule has 0 spiro atoms. The van der Waals surface area contributed by atoms with Crippen molar-refractivity contribution >= 4 is 6.09 Å². The molecule has 30 heavy (non-hydrogen) atoms. The molecule has 0 bridgehead atoms. The predicted octanol–water partition coefficient (Wildman–Crippen LogP) is 4.98. The predicted molar refractivity (Wildman–Crippen MR) is 98.0 cm³/mol. The number of carbonyl (C=O) groups is 1. The summed E-state index contributed by atoms with van der Waals surface area (Å²) >= 11 is 0. The molecule has 4 rings (SSSR count). The molecule has 2 aromatic rings. The number of rotatable bonds is 4. The van der Waals surface area contributed by atoms with E-state index in [4.69, 9.17) is 9.47 Å². The first-order valence-electron chi connectivity index (χ1n) is 9.44. The summed E-state index contributed by atoms with van der Waals surface area (Å²) in [6.45, 7) is 1.15. The van der Waals surface area contributed by atoms with E-state index in [0.717, 1.165) is 36.2 Å². The van der Waals surface area contributed by atoms with Gasteiger partial charge in [-0.05, 0) is 61.2 Å². The van der Waals surface area contributed by atoms with Crippen molar-refractivity contribution in [1.29, 1.82) is 0 Å². The zero-order valence-electron chi connectivity index (χ0n) is 15.9. The third kappa shape index (κ3) is 3.81. The van der Waals surface area contributed by atoms with Gasteiger partial charge in [0, 0.05) is 11.5 Å². The number of ether oxygens (including phenoxy) is 2. The SMILES string of the molecule is C[C@@H](F)c1cc(C(F)(F)F)ccc1Oc1ccc2c(c1)CC[C@H]2[C@@H]1OC(=O)NC1O. The number of hydrogen-bond donors (Lipinski definition) is 2. The highest BCUT2D eigenvalue weighted by Crippen LogP contribution is 2.42. The van der Waals surface area contributed by atoms with Crippen LogP contribution in [0.5, 0.6) is 11.5 Å². The van der Waals surface area contributed by atoms with E-state index in [2.05, 4.69) is 5.32 Å². The van der Waals surface area contributed by atoms with E-state index in [9.17, 15) is 27.5 Å². The van der Waals surface area contributed by atoms with Gasteiger partial charge in [-0.2, -0.15) is 13.2 Å². The van der Waals surface area contributed by atoms with Crippen LogP contribution >= 0.6 is 0 Å². The number of fused-ring (bicyclic) bond motifs is 1. The van der Waals surface area contributed by atoms with Crippen LogP contribution in [0.2, 0.25) is 0 Å². The molecule has 0 aromatic heterocycles. The summed E-state index contributed by atoms with van der Waals surface area (Å²) in [6.07, 6.45) is -7.37. The second kappa shape index (κ2) is 7.46. The second-order valence-electron chi connectivity index (χ2n) is 7.43. The summed E-state index contributed by atoms with van der Waals surface area (Å²) in [5.41, 5.74) is 0.684. The molecule has 9 heteroatoms. The Balaban J connectivity index is 1.58. The minimum absolute atomic E-state index is 0.0110. The van der Waals surface area contributed by atoms with Crippen LogP contribution in [-0.4, -0.2) is 23.5 Å². The molecule has 160 valence electrons. The monoisotopic (exact) mass is 425 g/mol. The Labute approximate surface area is 169 Å². The highest BCUT2D eigenvalue weighted by atomic mass is 19.4. The van der Waals surface area contributed by atoms with Crippen LogP contribution in [0.15, 0.2) is 36.4 Å². The van der Waals surface area contributed by atoms with Crippen LogP contribution < -0.4 is 10.1 Å². The normalized spacial score (nSPS) is 24.2. The molecule has 2 aromatic carbocycles. The smallest absolute Gasteiger partial charge is 0.416 e. The molecule has 1 heterocycles. The number of alkyl carbamates (subject to hydrolysis) is 1. The summed E-state index contributed by atoms with van der Waals surface area (Å²) < 4.78 is 63.6. The molecule has 2 N–H and O–H groups in total. The van der Waals surface area contributed by atoms with E-state index in [0.29, 0.717) is 18.6 Å². The number of aryl methyl sites for hydroxylation is 1. The Morgan fingerprint density at radius 1 is 1.23 bits per heavy atom. The van der Waals surface area contributed by atoms with Crippen molar-refractivity contribution in [3.05, 3.63) is 58.7 Å². The summed E-state index contributed by atoms with van der Waals surface area (Å²) in [5.74, 6) is 0.186. The van der Waals surface area contributed by atoms with Crippen molar-refractivity contribution in [3.8, 4) is 11.5 Å². The van der Waals surface area contributed by atoms with Crippen LogP contribution in [0, 0.1) is 0 Å². The van der Waals surface area contributed by atoms with E-state index in [1.54, 1.807) is 18.2 Å². The number of aliphatic hydroxyl groups excluding tert-OH is 1. The molecule has 1 aliphatic carbocycles. The fraction of sp³-hybridized carbons (Fsp3) is 0.381. The minimum Gasteiger partial charge on any atom is -0.457 e. The van der Waals surface area contributed by atoms with E-state index in [1.807, 2.05) is 0 Å². The van der Waals surface area contributed by atoms with Crippen molar-refractivity contribution in [2.75, 3.05) is 0 Å². The molecule has 5 nitrogen and oxygen atoms in total. The number of halogens is 4. The average Bonchev–Trinajstić information content (AvgIpc) is 3.22. The zero-order valence-corrected chi connectivity index (χ0v) is 15.9. The van der Waals surface area contributed by atoms with Gasteiger partial charge in [0.1, 0.15) is 17.7 Å². The quantitative estimate of drug-likeness (QED) is 0.678. The minimum atomic E-state index is -4.58. The lowest BCUT2D eigenvalue weighted by molar-refractivity contribution is -0.137. The summed E-state index contributed by atoms with van der Waals surface area (Å²) in [4.78, 5) is 11.3. The molecular formula is C21H19F4NO4. The Bertz CT molecular complexity index is 976. The van der Waals surface area contributed by atoms with E-state index < -0.39 is 36.3 Å². The van der Waals surface area contributed by atoms with Crippen LogP contribution in [-0.2, 0) is 17.3 Å². The Kier molecular flexibility index (Phi) is 5.09. The van der Waals surface area contributed by atoms with Gasteiger partial charge in [0.25, 0.3) is 0 Å². The van der Waals surface area contributed by atoms with Gasteiger partial charge in [-0.3, -0.25) is 5.32 Å². The molecule has 1 aliphatic heterocycles. The molecule has 1 fully saturated rings. The maximum atomic E-state index is 14.0. The van der Waals surface area contributed by atoms with Crippen molar-refractivity contribution < 1.29 is 36.9 Å². The standard InChI is InChI=1S/C21H19F4NO4/c1-10(22)16-9-12(21(23,24)25)3-7-17(16)29-13-4-6-14-11(8-13)2-5-15(14)18-19(27)26-20(28)30-18/h3-4,6-10,15,18-19,27H,2,5H2,1H3,(H,26,28)/t10-,15-,18+,19?/m1/s1. The lowest BCUT2D eigenvalue weighted by atomic mass is 9.94. The molecule has 4 atom stereocenters. The maximum Gasteiger partial charge on any atom is 0.416 e. The maximum absolute atomic E-state index is 14.0. The number of nitrogens with one attached hydrogen (secondary N) is 1. The number of amides is 1. The lowest BCUT2D eigenvalue weighted by Crippen LogP contribution is -2.34. The van der Waals surface area contributed by atoms with Gasteiger partial charge in [-0.25, -0.2) is 9.18 Å². The summed E-state index contributed by atoms with van der Waals surface area (Å²) in [5, 5.41) is 12.3. The number of carbonyl (C=O) groups excluding carboxylic acids is 1. The molecular weight excluding hydrogens is 406 g/mol. The molecule has 2 aliphatic rings. The Hall–Kier alpha value is -2.81. The van der Waals surface area contributed by atoms with Crippen LogP contribution in [0.25, 0.3) is 0 Å². The number of alkyl halides is 4. The zero-order chi connectivity index (χ0) is 21.6. The summed E-state index contributed by atoms with van der Waals surface area (Å²) in [6, 6.07) is 7.85. The van der Waals surface area contributed by atoms with Crippen molar-refractivity contribution in [1.82, 2.24) is 5.32 Å². The number of cyclic esters (lactones) is 1. The first-order chi connectivity index (χ1) is 14.1. The fourth-order valence-corrected chi connectivity index (χ4v) is 4.01. The average molecular weight is 425 g/mol. The van der Waals surface area contributed by atoms with Crippen molar-refractivity contribution in [2.45, 2.75) is 50.4 Å². The lowest BCUT2D eigenvalue weighted by Gasteiger charge is -2.20. The van der Waals surface area contributed by atoms with Gasteiger partial charge in [0.15, 0.2) is 12.3 Å². The van der Waals surface area contributed by atoms with E-state index in [-0.39, 0.29) is 17.2 Å². The first-order valence-corrected chi connectivity index (χ1v) is 9.44. The van der Waals surface area contributed by atoms with Crippen molar-refractivity contribution in [3.63, 3.8) is 0 Å². The first kappa shape index (κ1) is 20.5. The number of aliphatic hydroxyl groups is 1. The topological polar surface area (TPSA) is 67.8 Å². The van der Waals surface area contributed by atoms with E-state index >= 15 is 0 Å². The van der Waals surface area contributed by atoms with Gasteiger partial charge >= 0.3 is 12.3 Å². The van der Waals surface area contributed by atoms with Gasteiger partial charge in [-0.1, -0.05) is 6.07 Å². The van der Waals surface area contributed by atoms with Crippen molar-refractivity contribution in [2.24, 2.45) is 0 Å².